The first-order chi connectivity index (χ1) is 8.60. The third-order valence-corrected chi connectivity index (χ3v) is 3.07. The number of aliphatic carboxylic acids is 1. The molecule has 1 aliphatic heterocycles. The van der Waals surface area contributed by atoms with Gasteiger partial charge in [-0.05, 0) is 12.1 Å². The number of rotatable bonds is 3. The fourth-order valence-electron chi connectivity index (χ4n) is 1.83. The highest BCUT2D eigenvalue weighted by Crippen LogP contribution is 2.24. The van der Waals surface area contributed by atoms with Crippen molar-refractivity contribution in [3.63, 3.8) is 0 Å². The lowest BCUT2D eigenvalue weighted by molar-refractivity contribution is -0.139. The predicted octanol–water partition coefficient (Wildman–Crippen LogP) is 1.41. The van der Waals surface area contributed by atoms with Crippen LogP contribution in [0.25, 0.3) is 0 Å². The quantitative estimate of drug-likeness (QED) is 0.864. The molecule has 0 aliphatic carbocycles. The van der Waals surface area contributed by atoms with Gasteiger partial charge in [0.05, 0.1) is 10.6 Å². The van der Waals surface area contributed by atoms with Gasteiger partial charge in [-0.2, -0.15) is 5.26 Å². The molecule has 0 radical (unpaired) electrons. The summed E-state index contributed by atoms with van der Waals surface area (Å²) in [5.41, 5.74) is 0.386. The van der Waals surface area contributed by atoms with Crippen LogP contribution in [-0.2, 0) is 4.79 Å². The van der Waals surface area contributed by atoms with Crippen LogP contribution in [0.15, 0.2) is 18.2 Å². The van der Waals surface area contributed by atoms with Crippen LogP contribution in [0.4, 0.5) is 0 Å². The van der Waals surface area contributed by atoms with E-state index in [1.54, 1.807) is 18.2 Å². The smallest absolute Gasteiger partial charge is 0.320 e. The van der Waals surface area contributed by atoms with Gasteiger partial charge in [-0.1, -0.05) is 11.6 Å². The lowest BCUT2D eigenvalue weighted by Gasteiger charge is -2.12. The van der Waals surface area contributed by atoms with Crippen molar-refractivity contribution >= 4 is 17.6 Å². The van der Waals surface area contributed by atoms with Crippen molar-refractivity contribution in [3.8, 4) is 11.8 Å². The third kappa shape index (κ3) is 2.73. The molecule has 94 valence electrons. The Hall–Kier alpha value is -1.77. The molecule has 2 rings (SSSR count). The molecule has 1 aromatic rings. The number of nitriles is 1. The molecule has 0 aromatic heterocycles. The van der Waals surface area contributed by atoms with Gasteiger partial charge in [-0.15, -0.1) is 0 Å². The van der Waals surface area contributed by atoms with Crippen LogP contribution >= 0.6 is 11.6 Å². The van der Waals surface area contributed by atoms with E-state index in [-0.39, 0.29) is 6.10 Å². The number of carboxylic acids is 1. The zero-order chi connectivity index (χ0) is 13.1. The molecule has 0 bridgehead atoms. The van der Waals surface area contributed by atoms with Crippen molar-refractivity contribution in [2.24, 2.45) is 0 Å². The summed E-state index contributed by atoms with van der Waals surface area (Å²) in [6.07, 6.45) is 0.211. The second-order valence-electron chi connectivity index (χ2n) is 4.03. The number of hydrogen-bond acceptors (Lipinski definition) is 4. The standard InChI is InChI=1S/C12H11ClN2O3/c13-10-3-8(2-1-7(10)5-14)18-9-4-11(12(16)17)15-6-9/h1-3,9,11,15H,4,6H2,(H,16,17)/t9-,11+/m0/s1. The molecular formula is C12H11ClN2O3. The van der Waals surface area contributed by atoms with Crippen molar-refractivity contribution in [1.82, 2.24) is 5.32 Å². The van der Waals surface area contributed by atoms with Gasteiger partial charge in [0.15, 0.2) is 0 Å². The Balaban J connectivity index is 2.01. The van der Waals surface area contributed by atoms with E-state index in [1.807, 2.05) is 6.07 Å². The van der Waals surface area contributed by atoms with Crippen LogP contribution < -0.4 is 10.1 Å². The van der Waals surface area contributed by atoms with E-state index in [4.69, 9.17) is 26.7 Å². The Labute approximate surface area is 109 Å². The summed E-state index contributed by atoms with van der Waals surface area (Å²) in [5.74, 6) is -0.337. The average molecular weight is 267 g/mol. The number of hydrogen-bond donors (Lipinski definition) is 2. The summed E-state index contributed by atoms with van der Waals surface area (Å²) in [7, 11) is 0. The molecule has 1 aliphatic rings. The second-order valence-corrected chi connectivity index (χ2v) is 4.44. The Kier molecular flexibility index (Phi) is 3.70. The van der Waals surface area contributed by atoms with Crippen LogP contribution in [0.1, 0.15) is 12.0 Å². The minimum absolute atomic E-state index is 0.199. The van der Waals surface area contributed by atoms with E-state index >= 15 is 0 Å². The number of ether oxygens (including phenoxy) is 1. The fraction of sp³-hybridized carbons (Fsp3) is 0.333. The van der Waals surface area contributed by atoms with E-state index in [0.717, 1.165) is 0 Å². The minimum atomic E-state index is -0.876. The van der Waals surface area contributed by atoms with Crippen molar-refractivity contribution in [2.75, 3.05) is 6.54 Å². The maximum absolute atomic E-state index is 10.8. The van der Waals surface area contributed by atoms with Gasteiger partial charge in [0, 0.05) is 19.0 Å². The Morgan fingerprint density at radius 2 is 2.39 bits per heavy atom. The van der Waals surface area contributed by atoms with Gasteiger partial charge >= 0.3 is 5.97 Å². The van der Waals surface area contributed by atoms with Crippen molar-refractivity contribution < 1.29 is 14.6 Å². The normalized spacial score (nSPS) is 22.4. The topological polar surface area (TPSA) is 82.3 Å². The number of carboxylic acid groups (broad SMARTS) is 1. The summed E-state index contributed by atoms with van der Waals surface area (Å²) in [4.78, 5) is 10.8. The monoisotopic (exact) mass is 266 g/mol. The number of nitrogens with one attached hydrogen (secondary N) is 1. The van der Waals surface area contributed by atoms with Crippen molar-refractivity contribution in [2.45, 2.75) is 18.6 Å². The number of halogens is 1. The molecule has 1 saturated heterocycles. The van der Waals surface area contributed by atoms with Gasteiger partial charge in [0.2, 0.25) is 0 Å². The zero-order valence-electron chi connectivity index (χ0n) is 9.39. The van der Waals surface area contributed by atoms with Crippen LogP contribution in [0.2, 0.25) is 5.02 Å². The molecule has 2 atom stereocenters. The highest BCUT2D eigenvalue weighted by Gasteiger charge is 2.30. The first kappa shape index (κ1) is 12.7. The molecule has 18 heavy (non-hydrogen) atoms. The SMILES string of the molecule is N#Cc1ccc(O[C@@H]2CN[C@@H](C(=O)O)C2)cc1Cl. The molecule has 1 fully saturated rings. The molecule has 0 saturated carbocycles. The van der Waals surface area contributed by atoms with Gasteiger partial charge in [0.25, 0.3) is 0 Å². The molecule has 1 aromatic carbocycles. The van der Waals surface area contributed by atoms with E-state index in [2.05, 4.69) is 5.32 Å². The maximum atomic E-state index is 10.8. The summed E-state index contributed by atoms with van der Waals surface area (Å²) >= 11 is 5.88. The number of benzene rings is 1. The van der Waals surface area contributed by atoms with E-state index in [0.29, 0.717) is 29.3 Å². The lowest BCUT2D eigenvalue weighted by atomic mass is 10.2. The van der Waals surface area contributed by atoms with E-state index in [1.165, 1.54) is 0 Å². The molecule has 0 amide bonds. The first-order valence-electron chi connectivity index (χ1n) is 5.42. The van der Waals surface area contributed by atoms with E-state index < -0.39 is 12.0 Å². The van der Waals surface area contributed by atoms with Gasteiger partial charge in [-0.3, -0.25) is 4.79 Å². The third-order valence-electron chi connectivity index (χ3n) is 2.75. The van der Waals surface area contributed by atoms with Crippen molar-refractivity contribution in [1.29, 1.82) is 5.26 Å². The summed E-state index contributed by atoms with van der Waals surface area (Å²) in [5, 5.41) is 20.8. The second kappa shape index (κ2) is 5.25. The van der Waals surface area contributed by atoms with Crippen LogP contribution in [0, 0.1) is 11.3 Å². The molecule has 6 heteroatoms. The predicted molar refractivity (Wildman–Crippen MR) is 64.6 cm³/mol. The molecule has 1 heterocycles. The number of nitrogens with zero attached hydrogens (tertiary/aromatic N) is 1. The Bertz CT molecular complexity index is 513. The van der Waals surface area contributed by atoms with Gasteiger partial charge in [0.1, 0.15) is 24.0 Å². The van der Waals surface area contributed by atoms with Crippen LogP contribution in [0.5, 0.6) is 5.75 Å². The maximum Gasteiger partial charge on any atom is 0.320 e. The zero-order valence-corrected chi connectivity index (χ0v) is 10.1. The highest BCUT2D eigenvalue weighted by atomic mass is 35.5. The molecule has 0 spiro atoms. The minimum Gasteiger partial charge on any atom is -0.489 e. The Morgan fingerprint density at radius 1 is 1.61 bits per heavy atom. The Morgan fingerprint density at radius 3 is 2.94 bits per heavy atom. The lowest BCUT2D eigenvalue weighted by Crippen LogP contribution is -2.30. The molecule has 0 unspecified atom stereocenters. The summed E-state index contributed by atoms with van der Waals surface area (Å²) < 4.78 is 5.62. The van der Waals surface area contributed by atoms with Gasteiger partial charge < -0.3 is 15.2 Å². The molecular weight excluding hydrogens is 256 g/mol. The van der Waals surface area contributed by atoms with Crippen LogP contribution in [0.3, 0.4) is 0 Å². The molecule has 5 nitrogen and oxygen atoms in total. The number of carbonyl (C=O) groups is 1. The summed E-state index contributed by atoms with van der Waals surface area (Å²) in [6, 6.07) is 6.19. The van der Waals surface area contributed by atoms with Crippen molar-refractivity contribution in [3.05, 3.63) is 28.8 Å². The largest absolute Gasteiger partial charge is 0.489 e. The highest BCUT2D eigenvalue weighted by molar-refractivity contribution is 6.31. The summed E-state index contributed by atoms with van der Waals surface area (Å²) in [6.45, 7) is 0.481. The van der Waals surface area contributed by atoms with E-state index in [9.17, 15) is 4.79 Å². The van der Waals surface area contributed by atoms with Crippen LogP contribution in [-0.4, -0.2) is 29.8 Å². The van der Waals surface area contributed by atoms with Gasteiger partial charge in [-0.25, -0.2) is 0 Å². The average Bonchev–Trinajstić information content (AvgIpc) is 2.78. The first-order valence-corrected chi connectivity index (χ1v) is 5.80. The molecule has 2 N–H and O–H groups in total. The fourth-order valence-corrected chi connectivity index (χ4v) is 2.05.